The van der Waals surface area contributed by atoms with Gasteiger partial charge in [0.1, 0.15) is 5.82 Å². The summed E-state index contributed by atoms with van der Waals surface area (Å²) >= 11 is 5.83. The summed E-state index contributed by atoms with van der Waals surface area (Å²) in [6, 6.07) is 8.17. The Morgan fingerprint density at radius 1 is 1.21 bits per heavy atom. The quantitative estimate of drug-likeness (QED) is 0.689. The summed E-state index contributed by atoms with van der Waals surface area (Å²) < 4.78 is 13.3. The van der Waals surface area contributed by atoms with Crippen LogP contribution in [0.4, 0.5) is 10.1 Å². The molecule has 0 bridgehead atoms. The highest BCUT2D eigenvalue weighted by Crippen LogP contribution is 2.27. The van der Waals surface area contributed by atoms with E-state index in [1.165, 1.54) is 6.07 Å². The van der Waals surface area contributed by atoms with Gasteiger partial charge >= 0.3 is 0 Å². The Balaban J connectivity index is 0.000000980. The number of rotatable bonds is 0. The number of fused-ring (bicyclic) bond motifs is 1. The van der Waals surface area contributed by atoms with Crippen LogP contribution in [0.25, 0.3) is 10.8 Å². The summed E-state index contributed by atoms with van der Waals surface area (Å²) in [7, 11) is 0. The number of halogens is 3. The number of benzene rings is 2. The van der Waals surface area contributed by atoms with Crippen molar-refractivity contribution in [1.82, 2.24) is 0 Å². The van der Waals surface area contributed by atoms with Crippen LogP contribution in [-0.2, 0) is 0 Å². The van der Waals surface area contributed by atoms with Gasteiger partial charge in [0.15, 0.2) is 0 Å². The van der Waals surface area contributed by atoms with Gasteiger partial charge in [-0.15, -0.1) is 12.4 Å². The number of nitrogens with two attached hydrogens (primary N) is 1. The molecule has 0 aliphatic rings. The van der Waals surface area contributed by atoms with Crippen molar-refractivity contribution in [1.29, 1.82) is 0 Å². The smallest absolute Gasteiger partial charge is 0.134 e. The van der Waals surface area contributed by atoms with Crippen molar-refractivity contribution >= 4 is 40.5 Å². The van der Waals surface area contributed by atoms with Crippen LogP contribution in [0.5, 0.6) is 0 Å². The summed E-state index contributed by atoms with van der Waals surface area (Å²) in [5, 5.41) is 1.57. The molecule has 2 aromatic carbocycles. The molecule has 0 amide bonds. The van der Waals surface area contributed by atoms with E-state index in [0.29, 0.717) is 16.1 Å². The van der Waals surface area contributed by atoms with Gasteiger partial charge in [-0.25, -0.2) is 4.39 Å². The molecule has 0 unspecified atom stereocenters. The molecule has 0 heterocycles. The molecule has 0 spiro atoms. The molecule has 0 saturated carbocycles. The van der Waals surface area contributed by atoms with Crippen molar-refractivity contribution in [3.63, 3.8) is 0 Å². The van der Waals surface area contributed by atoms with Crippen molar-refractivity contribution in [2.75, 3.05) is 5.73 Å². The highest BCUT2D eigenvalue weighted by Gasteiger charge is 2.05. The van der Waals surface area contributed by atoms with Crippen LogP contribution in [0.1, 0.15) is 0 Å². The van der Waals surface area contributed by atoms with Crippen LogP contribution in [0.3, 0.4) is 0 Å². The highest BCUT2D eigenvalue weighted by atomic mass is 35.5. The van der Waals surface area contributed by atoms with Crippen molar-refractivity contribution in [3.8, 4) is 0 Å². The Morgan fingerprint density at radius 2 is 1.93 bits per heavy atom. The molecule has 0 aliphatic heterocycles. The first-order valence-electron chi connectivity index (χ1n) is 3.82. The molecule has 2 rings (SSSR count). The van der Waals surface area contributed by atoms with Crippen LogP contribution in [0, 0.1) is 5.82 Å². The lowest BCUT2D eigenvalue weighted by Crippen LogP contribution is -1.88. The molecule has 0 aromatic heterocycles. The van der Waals surface area contributed by atoms with Crippen molar-refractivity contribution < 1.29 is 4.39 Å². The molecule has 2 aromatic rings. The maximum atomic E-state index is 13.3. The van der Waals surface area contributed by atoms with Crippen molar-refractivity contribution in [2.45, 2.75) is 0 Å². The van der Waals surface area contributed by atoms with E-state index in [9.17, 15) is 4.39 Å². The first kappa shape index (κ1) is 11.1. The van der Waals surface area contributed by atoms with E-state index in [2.05, 4.69) is 0 Å². The van der Waals surface area contributed by atoms with E-state index in [-0.39, 0.29) is 18.2 Å². The number of anilines is 1. The van der Waals surface area contributed by atoms with Crippen LogP contribution in [-0.4, -0.2) is 0 Å². The lowest BCUT2D eigenvalue weighted by molar-refractivity contribution is 0.640. The van der Waals surface area contributed by atoms with Gasteiger partial charge in [-0.05, 0) is 23.6 Å². The van der Waals surface area contributed by atoms with Gasteiger partial charge in [-0.1, -0.05) is 23.7 Å². The van der Waals surface area contributed by atoms with E-state index in [1.54, 1.807) is 24.3 Å². The molecule has 1 nitrogen and oxygen atoms in total. The average Bonchev–Trinajstić information content (AvgIpc) is 2.02. The molecule has 0 atom stereocenters. The van der Waals surface area contributed by atoms with Gasteiger partial charge < -0.3 is 5.73 Å². The van der Waals surface area contributed by atoms with Gasteiger partial charge in [0, 0.05) is 11.1 Å². The summed E-state index contributed by atoms with van der Waals surface area (Å²) in [5.74, 6) is -0.374. The van der Waals surface area contributed by atoms with Gasteiger partial charge in [-0.3, -0.25) is 0 Å². The van der Waals surface area contributed by atoms with Gasteiger partial charge in [0.25, 0.3) is 0 Å². The first-order chi connectivity index (χ1) is 6.18. The summed E-state index contributed by atoms with van der Waals surface area (Å²) in [6.45, 7) is 0. The van der Waals surface area contributed by atoms with E-state index >= 15 is 0 Å². The van der Waals surface area contributed by atoms with Gasteiger partial charge in [0.2, 0.25) is 0 Å². The molecule has 74 valence electrons. The molecule has 4 heteroatoms. The maximum absolute atomic E-state index is 13.3. The minimum absolute atomic E-state index is 0. The lowest BCUT2D eigenvalue weighted by Gasteiger charge is -2.02. The molecule has 2 N–H and O–H groups in total. The fourth-order valence-electron chi connectivity index (χ4n) is 1.35. The third-order valence-corrected chi connectivity index (χ3v) is 2.22. The van der Waals surface area contributed by atoms with Crippen LogP contribution in [0.15, 0.2) is 30.3 Å². The second kappa shape index (κ2) is 4.03. The standard InChI is InChI=1S/C10H7ClFN.ClH/c11-8-3-1-2-6-4-7(13)5-9(12)10(6)8;/h1-5H,13H2;1H. The van der Waals surface area contributed by atoms with Crippen LogP contribution in [0.2, 0.25) is 5.02 Å². The van der Waals surface area contributed by atoms with Crippen LogP contribution >= 0.6 is 24.0 Å². The first-order valence-corrected chi connectivity index (χ1v) is 4.19. The van der Waals surface area contributed by atoms with Gasteiger partial charge in [0.05, 0.1) is 5.02 Å². The van der Waals surface area contributed by atoms with E-state index in [1.807, 2.05) is 0 Å². The van der Waals surface area contributed by atoms with E-state index in [0.717, 1.165) is 5.39 Å². The van der Waals surface area contributed by atoms with Gasteiger partial charge in [-0.2, -0.15) is 0 Å². The highest BCUT2D eigenvalue weighted by molar-refractivity contribution is 6.35. The zero-order valence-corrected chi connectivity index (χ0v) is 8.70. The zero-order chi connectivity index (χ0) is 9.42. The van der Waals surface area contributed by atoms with E-state index < -0.39 is 0 Å². The third-order valence-electron chi connectivity index (χ3n) is 1.90. The largest absolute Gasteiger partial charge is 0.399 e. The van der Waals surface area contributed by atoms with Crippen LogP contribution < -0.4 is 5.73 Å². The molecule has 0 aliphatic carbocycles. The Kier molecular flexibility index (Phi) is 3.19. The summed E-state index contributed by atoms with van der Waals surface area (Å²) in [5.41, 5.74) is 5.90. The third kappa shape index (κ3) is 1.76. The molecule has 0 fully saturated rings. The minimum atomic E-state index is -0.374. The SMILES string of the molecule is Cl.Nc1cc(F)c2c(Cl)cccc2c1. The molecule has 14 heavy (non-hydrogen) atoms. The normalized spacial score (nSPS) is 9.86. The fraction of sp³-hybridized carbons (Fsp3) is 0. The fourth-order valence-corrected chi connectivity index (χ4v) is 1.62. The van der Waals surface area contributed by atoms with Crippen molar-refractivity contribution in [2.24, 2.45) is 0 Å². The number of hydrogen-bond acceptors (Lipinski definition) is 1. The molecular formula is C10H8Cl2FN. The lowest BCUT2D eigenvalue weighted by atomic mass is 10.1. The maximum Gasteiger partial charge on any atom is 0.134 e. The average molecular weight is 232 g/mol. The second-order valence-corrected chi connectivity index (χ2v) is 3.25. The monoisotopic (exact) mass is 231 g/mol. The minimum Gasteiger partial charge on any atom is -0.399 e. The second-order valence-electron chi connectivity index (χ2n) is 2.84. The topological polar surface area (TPSA) is 26.0 Å². The predicted molar refractivity (Wildman–Crippen MR) is 60.6 cm³/mol. The Hall–Kier alpha value is -0.990. The zero-order valence-electron chi connectivity index (χ0n) is 7.13. The van der Waals surface area contributed by atoms with E-state index in [4.69, 9.17) is 17.3 Å². The Morgan fingerprint density at radius 3 is 2.64 bits per heavy atom. The number of hydrogen-bond donors (Lipinski definition) is 1. The summed E-state index contributed by atoms with van der Waals surface area (Å²) in [6.07, 6.45) is 0. The Bertz CT molecular complexity index is 471. The summed E-state index contributed by atoms with van der Waals surface area (Å²) in [4.78, 5) is 0. The number of nitrogen functional groups attached to an aromatic ring is 1. The molecule has 0 radical (unpaired) electrons. The Labute approximate surface area is 92.1 Å². The van der Waals surface area contributed by atoms with Crippen molar-refractivity contribution in [3.05, 3.63) is 41.2 Å². The molecule has 0 saturated heterocycles. The molecular weight excluding hydrogens is 224 g/mol. The predicted octanol–water partition coefficient (Wildman–Crippen LogP) is 3.64.